The van der Waals surface area contributed by atoms with E-state index < -0.39 is 5.97 Å². The first-order valence-corrected chi connectivity index (χ1v) is 7.32. The average molecular weight is 289 g/mol. The Kier molecular flexibility index (Phi) is 3.82. The lowest BCUT2D eigenvalue weighted by Crippen LogP contribution is -2.55. The number of carbonyl (C=O) groups is 2. The standard InChI is InChI=1S/C16H19NO4/c18-15(19)13-6-12(7-13)14-8-17(9-14)16(20)21-10-11-4-2-1-3-5-11/h1-5,12-14H,6-10H2,(H,18,19). The zero-order valence-corrected chi connectivity index (χ0v) is 11.8. The van der Waals surface area contributed by atoms with Crippen LogP contribution in [0.15, 0.2) is 30.3 Å². The molecule has 112 valence electrons. The molecule has 0 atom stereocenters. The molecule has 0 radical (unpaired) electrons. The fraction of sp³-hybridized carbons (Fsp3) is 0.500. The van der Waals surface area contributed by atoms with E-state index in [0.29, 0.717) is 31.5 Å². The Hall–Kier alpha value is -2.04. The van der Waals surface area contributed by atoms with E-state index >= 15 is 0 Å². The third-order valence-corrected chi connectivity index (χ3v) is 4.56. The minimum Gasteiger partial charge on any atom is -0.481 e. The molecule has 1 amide bonds. The number of hydrogen-bond donors (Lipinski definition) is 1. The number of rotatable bonds is 4. The number of carboxylic acid groups (broad SMARTS) is 1. The van der Waals surface area contributed by atoms with E-state index in [1.54, 1.807) is 4.90 Å². The number of aliphatic carboxylic acids is 1. The van der Waals surface area contributed by atoms with E-state index in [1.807, 2.05) is 30.3 Å². The van der Waals surface area contributed by atoms with E-state index in [4.69, 9.17) is 9.84 Å². The summed E-state index contributed by atoms with van der Waals surface area (Å²) >= 11 is 0. The number of benzene rings is 1. The summed E-state index contributed by atoms with van der Waals surface area (Å²) in [5.41, 5.74) is 0.978. The Bertz CT molecular complexity index is 518. The highest BCUT2D eigenvalue weighted by molar-refractivity contribution is 5.71. The molecule has 21 heavy (non-hydrogen) atoms. The van der Waals surface area contributed by atoms with Crippen molar-refractivity contribution >= 4 is 12.1 Å². The number of likely N-dealkylation sites (tertiary alicyclic amines) is 1. The van der Waals surface area contributed by atoms with Gasteiger partial charge in [0.25, 0.3) is 0 Å². The molecular weight excluding hydrogens is 270 g/mol. The van der Waals surface area contributed by atoms with Gasteiger partial charge < -0.3 is 14.7 Å². The maximum atomic E-state index is 11.9. The van der Waals surface area contributed by atoms with E-state index in [9.17, 15) is 9.59 Å². The molecule has 5 heteroatoms. The van der Waals surface area contributed by atoms with Gasteiger partial charge in [-0.05, 0) is 30.2 Å². The van der Waals surface area contributed by atoms with E-state index in [2.05, 4.69) is 0 Å². The monoisotopic (exact) mass is 289 g/mol. The molecule has 1 saturated heterocycles. The summed E-state index contributed by atoms with van der Waals surface area (Å²) in [6.07, 6.45) is 1.24. The third-order valence-electron chi connectivity index (χ3n) is 4.56. The van der Waals surface area contributed by atoms with Gasteiger partial charge in [-0.3, -0.25) is 4.79 Å². The topological polar surface area (TPSA) is 66.8 Å². The van der Waals surface area contributed by atoms with Gasteiger partial charge in [-0.1, -0.05) is 30.3 Å². The van der Waals surface area contributed by atoms with E-state index in [0.717, 1.165) is 18.4 Å². The molecular formula is C16H19NO4. The van der Waals surface area contributed by atoms with Crippen molar-refractivity contribution in [3.63, 3.8) is 0 Å². The average Bonchev–Trinajstić information content (AvgIpc) is 2.37. The quantitative estimate of drug-likeness (QED) is 0.924. The summed E-state index contributed by atoms with van der Waals surface area (Å²) in [5.74, 6) is 0.0490. The van der Waals surface area contributed by atoms with Crippen molar-refractivity contribution in [1.29, 1.82) is 0 Å². The highest BCUT2D eigenvalue weighted by atomic mass is 16.6. The Balaban J connectivity index is 1.36. The molecule has 0 aromatic heterocycles. The first-order valence-electron chi connectivity index (χ1n) is 7.32. The van der Waals surface area contributed by atoms with Gasteiger partial charge in [-0.2, -0.15) is 0 Å². The first-order chi connectivity index (χ1) is 10.1. The minimum atomic E-state index is -0.690. The van der Waals surface area contributed by atoms with Crippen LogP contribution in [0, 0.1) is 17.8 Å². The number of carboxylic acids is 1. The predicted molar refractivity (Wildman–Crippen MR) is 75.5 cm³/mol. The Morgan fingerprint density at radius 1 is 1.14 bits per heavy atom. The van der Waals surface area contributed by atoms with Crippen molar-refractivity contribution in [3.05, 3.63) is 35.9 Å². The predicted octanol–water partition coefficient (Wildman–Crippen LogP) is 2.37. The van der Waals surface area contributed by atoms with Crippen LogP contribution in [-0.2, 0) is 16.1 Å². The number of carbonyl (C=O) groups excluding carboxylic acids is 1. The van der Waals surface area contributed by atoms with Crippen LogP contribution in [0.2, 0.25) is 0 Å². The summed E-state index contributed by atoms with van der Waals surface area (Å²) < 4.78 is 5.26. The minimum absolute atomic E-state index is 0.172. The fourth-order valence-corrected chi connectivity index (χ4v) is 3.02. The highest BCUT2D eigenvalue weighted by Crippen LogP contribution is 2.42. The summed E-state index contributed by atoms with van der Waals surface area (Å²) in [6, 6.07) is 9.60. The first kappa shape index (κ1) is 13.9. The summed E-state index contributed by atoms with van der Waals surface area (Å²) in [7, 11) is 0. The molecule has 1 aromatic rings. The Labute approximate surface area is 123 Å². The van der Waals surface area contributed by atoms with Crippen LogP contribution in [0.1, 0.15) is 18.4 Å². The van der Waals surface area contributed by atoms with Crippen LogP contribution in [0.5, 0.6) is 0 Å². The van der Waals surface area contributed by atoms with Crippen molar-refractivity contribution in [2.45, 2.75) is 19.4 Å². The fourth-order valence-electron chi connectivity index (χ4n) is 3.02. The second kappa shape index (κ2) is 5.76. The molecule has 1 heterocycles. The zero-order valence-electron chi connectivity index (χ0n) is 11.8. The van der Waals surface area contributed by atoms with Crippen LogP contribution in [-0.4, -0.2) is 35.2 Å². The van der Waals surface area contributed by atoms with Crippen molar-refractivity contribution in [3.8, 4) is 0 Å². The zero-order chi connectivity index (χ0) is 14.8. The van der Waals surface area contributed by atoms with Crippen LogP contribution in [0.3, 0.4) is 0 Å². The SMILES string of the molecule is O=C(O)C1CC(C2CN(C(=O)OCc3ccccc3)C2)C1. The van der Waals surface area contributed by atoms with Crippen LogP contribution in [0.4, 0.5) is 4.79 Å². The molecule has 5 nitrogen and oxygen atoms in total. The van der Waals surface area contributed by atoms with Crippen LogP contribution in [0.25, 0.3) is 0 Å². The van der Waals surface area contributed by atoms with Gasteiger partial charge in [0.15, 0.2) is 0 Å². The van der Waals surface area contributed by atoms with Crippen LogP contribution < -0.4 is 0 Å². The number of ether oxygens (including phenoxy) is 1. The molecule has 1 saturated carbocycles. The van der Waals surface area contributed by atoms with Crippen LogP contribution >= 0.6 is 0 Å². The summed E-state index contributed by atoms with van der Waals surface area (Å²) in [5, 5.41) is 8.86. The molecule has 2 aliphatic rings. The number of amides is 1. The van der Waals surface area contributed by atoms with Gasteiger partial charge in [-0.15, -0.1) is 0 Å². The largest absolute Gasteiger partial charge is 0.481 e. The summed E-state index contributed by atoms with van der Waals surface area (Å²) in [6.45, 7) is 1.70. The van der Waals surface area contributed by atoms with Gasteiger partial charge in [0.2, 0.25) is 0 Å². The van der Waals surface area contributed by atoms with E-state index in [1.165, 1.54) is 0 Å². The normalized spacial score (nSPS) is 24.9. The second-order valence-electron chi connectivity index (χ2n) is 5.97. The maximum absolute atomic E-state index is 11.9. The number of hydrogen-bond acceptors (Lipinski definition) is 3. The highest BCUT2D eigenvalue weighted by Gasteiger charge is 2.44. The van der Waals surface area contributed by atoms with Crippen molar-refractivity contribution in [1.82, 2.24) is 4.90 Å². The summed E-state index contributed by atoms with van der Waals surface area (Å²) in [4.78, 5) is 24.3. The van der Waals surface area contributed by atoms with Gasteiger partial charge in [0, 0.05) is 13.1 Å². The smallest absolute Gasteiger partial charge is 0.410 e. The molecule has 1 aromatic carbocycles. The lowest BCUT2D eigenvalue weighted by atomic mass is 9.66. The van der Waals surface area contributed by atoms with Gasteiger partial charge >= 0.3 is 12.1 Å². The molecule has 0 spiro atoms. The van der Waals surface area contributed by atoms with Gasteiger partial charge in [0.1, 0.15) is 6.61 Å². The second-order valence-corrected chi connectivity index (χ2v) is 5.97. The lowest BCUT2D eigenvalue weighted by Gasteiger charge is -2.47. The molecule has 1 aliphatic carbocycles. The van der Waals surface area contributed by atoms with Crippen molar-refractivity contribution < 1.29 is 19.4 Å². The Morgan fingerprint density at radius 3 is 2.43 bits per heavy atom. The Morgan fingerprint density at radius 2 is 1.81 bits per heavy atom. The van der Waals surface area contributed by atoms with E-state index in [-0.39, 0.29) is 12.0 Å². The third kappa shape index (κ3) is 3.01. The molecule has 2 fully saturated rings. The maximum Gasteiger partial charge on any atom is 0.410 e. The van der Waals surface area contributed by atoms with Crippen molar-refractivity contribution in [2.24, 2.45) is 17.8 Å². The number of nitrogens with zero attached hydrogens (tertiary/aromatic N) is 1. The van der Waals surface area contributed by atoms with Crippen molar-refractivity contribution in [2.75, 3.05) is 13.1 Å². The molecule has 1 N–H and O–H groups in total. The molecule has 0 unspecified atom stereocenters. The van der Waals surface area contributed by atoms with Gasteiger partial charge in [-0.25, -0.2) is 4.79 Å². The molecule has 1 aliphatic heterocycles. The van der Waals surface area contributed by atoms with Gasteiger partial charge in [0.05, 0.1) is 5.92 Å². The molecule has 3 rings (SSSR count). The molecule has 0 bridgehead atoms. The lowest BCUT2D eigenvalue weighted by molar-refractivity contribution is -0.148.